The molecule has 0 unspecified atom stereocenters. The number of quaternary nitrogens is 1. The summed E-state index contributed by atoms with van der Waals surface area (Å²) < 4.78 is 22.7. The summed E-state index contributed by atoms with van der Waals surface area (Å²) in [6.07, 6.45) is 8.29. The predicted molar refractivity (Wildman–Crippen MR) is 156 cm³/mol. The molecule has 3 heterocycles. The second-order valence-corrected chi connectivity index (χ2v) is 15.4. The van der Waals surface area contributed by atoms with Gasteiger partial charge in [-0.25, -0.2) is 0 Å². The number of likely N-dealkylation sites (tertiary alicyclic amines) is 1. The maximum atomic E-state index is 11.1. The van der Waals surface area contributed by atoms with Crippen molar-refractivity contribution < 1.29 is 23.8 Å². The molecule has 2 aromatic carbocycles. The van der Waals surface area contributed by atoms with E-state index in [1.807, 2.05) is 24.5 Å². The van der Waals surface area contributed by atoms with E-state index in [0.29, 0.717) is 25.0 Å². The SMILES string of the molecule is CO[C@]12CC[C@@]3(C[C@@H]1COCc1cc4ccccc4s1)[C@H]1Cc4ccc(O)c5c4[C@@]3(CC[N@+]1(C)CC1CC1)[C@H]2O5. The molecule has 4 saturated carbocycles. The van der Waals surface area contributed by atoms with Gasteiger partial charge in [0.1, 0.15) is 11.7 Å². The topological polar surface area (TPSA) is 47.9 Å². The van der Waals surface area contributed by atoms with Gasteiger partial charge in [-0.3, -0.25) is 0 Å². The molecule has 5 aliphatic carbocycles. The number of phenols is 1. The molecule has 6 heteroatoms. The van der Waals surface area contributed by atoms with Crippen molar-refractivity contribution in [2.24, 2.45) is 17.3 Å². The van der Waals surface area contributed by atoms with E-state index in [1.54, 1.807) is 0 Å². The maximum absolute atomic E-state index is 11.1. The van der Waals surface area contributed by atoms with Crippen molar-refractivity contribution in [3.05, 3.63) is 58.5 Å². The van der Waals surface area contributed by atoms with E-state index in [0.717, 1.165) is 37.4 Å². The average molecular weight is 559 g/mol. The molecule has 3 aromatic rings. The van der Waals surface area contributed by atoms with Gasteiger partial charge in [-0.15, -0.1) is 11.3 Å². The molecule has 0 radical (unpaired) electrons. The minimum Gasteiger partial charge on any atom is -0.504 e. The fraction of sp³-hybridized carbons (Fsp3) is 0.588. The van der Waals surface area contributed by atoms with Crippen LogP contribution >= 0.6 is 11.3 Å². The number of piperidine rings is 1. The van der Waals surface area contributed by atoms with Crippen molar-refractivity contribution in [2.75, 3.05) is 33.9 Å². The summed E-state index contributed by atoms with van der Waals surface area (Å²) in [5, 5.41) is 12.4. The van der Waals surface area contributed by atoms with E-state index in [9.17, 15) is 5.11 Å². The number of hydrogen-bond acceptors (Lipinski definition) is 5. The zero-order valence-electron chi connectivity index (χ0n) is 23.7. The zero-order valence-corrected chi connectivity index (χ0v) is 24.5. The summed E-state index contributed by atoms with van der Waals surface area (Å²) in [4.78, 5) is 1.28. The van der Waals surface area contributed by atoms with Gasteiger partial charge in [-0.2, -0.15) is 0 Å². The van der Waals surface area contributed by atoms with Crippen molar-refractivity contribution in [3.63, 3.8) is 0 Å². The van der Waals surface area contributed by atoms with E-state index < -0.39 is 5.60 Å². The van der Waals surface area contributed by atoms with Crippen LogP contribution in [-0.2, 0) is 27.9 Å². The van der Waals surface area contributed by atoms with Crippen molar-refractivity contribution in [1.82, 2.24) is 0 Å². The van der Waals surface area contributed by atoms with Crippen LogP contribution in [0.2, 0.25) is 0 Å². The van der Waals surface area contributed by atoms with Gasteiger partial charge in [0.2, 0.25) is 0 Å². The third kappa shape index (κ3) is 2.89. The molecule has 5 fully saturated rings. The van der Waals surface area contributed by atoms with E-state index in [-0.39, 0.29) is 22.9 Å². The number of phenolic OH excluding ortho intramolecular Hbond substituents is 1. The second kappa shape index (κ2) is 8.03. The third-order valence-electron chi connectivity index (χ3n) is 12.6. The lowest BCUT2D eigenvalue weighted by Crippen LogP contribution is -2.83. The van der Waals surface area contributed by atoms with Gasteiger partial charge in [0.15, 0.2) is 11.5 Å². The molecule has 210 valence electrons. The molecule has 5 nitrogen and oxygen atoms in total. The van der Waals surface area contributed by atoms with Gasteiger partial charge in [-0.05, 0) is 61.3 Å². The number of thiophene rings is 1. The van der Waals surface area contributed by atoms with Crippen LogP contribution in [-0.4, -0.2) is 61.2 Å². The summed E-state index contributed by atoms with van der Waals surface area (Å²) in [7, 11) is 4.47. The fourth-order valence-electron chi connectivity index (χ4n) is 10.9. The normalized spacial score (nSPS) is 40.3. The number of methoxy groups -OCH3 is 1. The lowest BCUT2D eigenvalue weighted by atomic mass is 9.34. The Kier molecular flexibility index (Phi) is 4.92. The number of benzene rings is 2. The van der Waals surface area contributed by atoms with Crippen LogP contribution in [0.15, 0.2) is 42.5 Å². The minimum absolute atomic E-state index is 0.0649. The van der Waals surface area contributed by atoms with E-state index in [2.05, 4.69) is 43.4 Å². The van der Waals surface area contributed by atoms with Crippen LogP contribution in [0.5, 0.6) is 11.5 Å². The number of likely N-dealkylation sites (N-methyl/N-ethyl adjacent to an activating group) is 1. The van der Waals surface area contributed by atoms with Crippen LogP contribution in [0, 0.1) is 17.3 Å². The molecule has 1 N–H and O–H groups in total. The molecule has 2 aliphatic heterocycles. The molecule has 2 spiro atoms. The van der Waals surface area contributed by atoms with Crippen LogP contribution in [0.25, 0.3) is 10.1 Å². The van der Waals surface area contributed by atoms with Crippen LogP contribution < -0.4 is 4.74 Å². The second-order valence-electron chi connectivity index (χ2n) is 14.2. The van der Waals surface area contributed by atoms with E-state index >= 15 is 0 Å². The van der Waals surface area contributed by atoms with Crippen LogP contribution in [0.4, 0.5) is 0 Å². The first-order chi connectivity index (χ1) is 19.4. The molecular formula is C34H40NO4S+. The van der Waals surface area contributed by atoms with Crippen molar-refractivity contribution in [1.29, 1.82) is 0 Å². The van der Waals surface area contributed by atoms with Gasteiger partial charge in [-0.1, -0.05) is 24.3 Å². The highest BCUT2D eigenvalue weighted by molar-refractivity contribution is 7.19. The summed E-state index contributed by atoms with van der Waals surface area (Å²) in [6, 6.07) is 15.5. The Labute approximate surface area is 240 Å². The van der Waals surface area contributed by atoms with Crippen LogP contribution in [0.1, 0.15) is 54.5 Å². The number of ether oxygens (including phenoxy) is 3. The number of fused-ring (bicyclic) bond motifs is 3. The van der Waals surface area contributed by atoms with Gasteiger partial charge in [0, 0.05) is 52.3 Å². The first-order valence-electron chi connectivity index (χ1n) is 15.4. The number of nitrogens with zero attached hydrogens (tertiary/aromatic N) is 1. The average Bonchev–Trinajstić information content (AvgIpc) is 3.53. The molecule has 10 rings (SSSR count). The first-order valence-corrected chi connectivity index (χ1v) is 16.2. The van der Waals surface area contributed by atoms with Crippen molar-refractivity contribution >= 4 is 21.4 Å². The Morgan fingerprint density at radius 2 is 2.00 bits per heavy atom. The van der Waals surface area contributed by atoms with Gasteiger partial charge in [0.05, 0.1) is 44.8 Å². The Balaban J connectivity index is 1.12. The number of rotatable bonds is 7. The zero-order chi connectivity index (χ0) is 26.9. The monoisotopic (exact) mass is 558 g/mol. The Morgan fingerprint density at radius 3 is 2.83 bits per heavy atom. The van der Waals surface area contributed by atoms with E-state index in [1.165, 1.54) is 62.9 Å². The molecule has 0 amide bonds. The highest BCUT2D eigenvalue weighted by atomic mass is 32.1. The molecule has 7 atom stereocenters. The fourth-order valence-corrected chi connectivity index (χ4v) is 11.9. The van der Waals surface area contributed by atoms with E-state index in [4.69, 9.17) is 14.2 Å². The third-order valence-corrected chi connectivity index (χ3v) is 13.7. The predicted octanol–water partition coefficient (Wildman–Crippen LogP) is 6.19. The highest BCUT2D eigenvalue weighted by Crippen LogP contribution is 2.77. The Bertz CT molecular complexity index is 1500. The van der Waals surface area contributed by atoms with Crippen molar-refractivity contribution in [2.45, 2.75) is 74.7 Å². The van der Waals surface area contributed by atoms with Crippen LogP contribution in [0.3, 0.4) is 0 Å². The van der Waals surface area contributed by atoms with Crippen molar-refractivity contribution in [3.8, 4) is 11.5 Å². The molecule has 40 heavy (non-hydrogen) atoms. The lowest BCUT2D eigenvalue weighted by Gasteiger charge is -2.74. The smallest absolute Gasteiger partial charge is 0.165 e. The largest absolute Gasteiger partial charge is 0.504 e. The molecule has 1 aromatic heterocycles. The molecule has 7 aliphatic rings. The van der Waals surface area contributed by atoms with Gasteiger partial charge >= 0.3 is 0 Å². The molecule has 1 saturated heterocycles. The quantitative estimate of drug-likeness (QED) is 0.351. The highest BCUT2D eigenvalue weighted by Gasteiger charge is 2.83. The number of hydrogen-bond donors (Lipinski definition) is 1. The van der Waals surface area contributed by atoms with Gasteiger partial charge in [0.25, 0.3) is 0 Å². The standard InChI is InChI=1S/C34H39NO4S/c1-35(18-21-7-8-21)14-13-33-29-23-9-10-26(36)30(29)39-31(33)34(37-2)12-11-32(33,28(35)16-23)17-24(34)19-38-20-25-15-22-5-3-4-6-27(22)40-25/h3-6,9-10,15,21,24,28,31H,7-8,11-14,16-20H2,1-2H3/p+1/t24-,28-,31-,32-,33+,34-,35-/m1/s1. The summed E-state index contributed by atoms with van der Waals surface area (Å²) >= 11 is 1.84. The Morgan fingerprint density at radius 1 is 1.12 bits per heavy atom. The van der Waals surface area contributed by atoms with Gasteiger partial charge < -0.3 is 23.8 Å². The summed E-state index contributed by atoms with van der Waals surface area (Å²) in [5.74, 6) is 2.24. The summed E-state index contributed by atoms with van der Waals surface area (Å²) in [5.41, 5.74) is 2.44. The summed E-state index contributed by atoms with van der Waals surface area (Å²) in [6.45, 7) is 3.85. The molecular weight excluding hydrogens is 518 g/mol. The lowest BCUT2D eigenvalue weighted by molar-refractivity contribution is -0.952. The number of aromatic hydroxyl groups is 1. The Hall–Kier alpha value is -2.12. The maximum Gasteiger partial charge on any atom is 0.165 e. The molecule has 4 bridgehead atoms. The first kappa shape index (κ1) is 24.5. The minimum atomic E-state index is -0.399.